The van der Waals surface area contributed by atoms with Crippen LogP contribution in [0.15, 0.2) is 55.0 Å². The van der Waals surface area contributed by atoms with Gasteiger partial charge in [-0.3, -0.25) is 59.4 Å². The fourth-order valence-corrected chi connectivity index (χ4v) is 13.1. The number of urea groups is 3. The molecule has 0 bridgehead atoms. The first kappa shape index (κ1) is 78.5. The lowest BCUT2D eigenvalue weighted by Gasteiger charge is -2.29. The third-order valence-electron chi connectivity index (χ3n) is 19.0. The summed E-state index contributed by atoms with van der Waals surface area (Å²) in [5.74, 6) is 2.92. The van der Waals surface area contributed by atoms with Gasteiger partial charge in [0.1, 0.15) is 124 Å². The van der Waals surface area contributed by atoms with Gasteiger partial charge in [-0.2, -0.15) is 15.8 Å². The maximum absolute atomic E-state index is 13.2. The Morgan fingerprint density at radius 1 is 0.444 bits per heavy atom. The summed E-state index contributed by atoms with van der Waals surface area (Å²) in [5.41, 5.74) is 5.92. The fourth-order valence-electron chi connectivity index (χ4n) is 13.1. The summed E-state index contributed by atoms with van der Waals surface area (Å²) in [6, 6.07) is 14.7. The molecule has 0 aliphatic carbocycles. The third kappa shape index (κ3) is 18.9. The van der Waals surface area contributed by atoms with E-state index in [2.05, 4.69) is 45.9 Å². The molecule has 12 heterocycles. The highest BCUT2D eigenvalue weighted by Gasteiger charge is 2.35. The number of fused-ring (bicyclic) bond motifs is 3. The molecule has 3 fully saturated rings. The molecule has 33 heteroatoms. The molecule has 6 aliphatic heterocycles. The number of carbonyl (C=O) groups excluding carboxylic acids is 9. The van der Waals surface area contributed by atoms with Crippen LogP contribution in [0.25, 0.3) is 0 Å². The largest absolute Gasteiger partial charge is 0.490 e. The minimum Gasteiger partial charge on any atom is -0.490 e. The molecule has 0 saturated carbocycles. The van der Waals surface area contributed by atoms with Gasteiger partial charge in [0.25, 0.3) is 0 Å². The van der Waals surface area contributed by atoms with Gasteiger partial charge in [0.15, 0.2) is 18.9 Å². The van der Waals surface area contributed by atoms with Gasteiger partial charge >= 0.3 is 18.1 Å². The summed E-state index contributed by atoms with van der Waals surface area (Å²) in [5, 5.41) is 36.1. The molecular weight excluding hydrogens is 1390 g/mol. The molecule has 1 unspecified atom stereocenters. The normalized spacial score (nSPS) is 16.9. The summed E-state index contributed by atoms with van der Waals surface area (Å²) in [7, 11) is 4.63. The SMILES string of the molecule is COCCOc1cc(NC(=O)N2CCCc3cc(CN4CCC(C)C4=O)c(C=O)nc32)ncc1C#N.COCCOc1cc(NC(=O)N2CCCc3cc(CN4CC[C@@H](C)C4=O)c(C=O)nc32)ncc1C#N.COCCOc1cc(NC(=O)N2CCCc3cc(CN4CC[C@H](C)C4=O)c(C=O)nc32)ncc1C#N. The summed E-state index contributed by atoms with van der Waals surface area (Å²) in [6.45, 7) is 11.6. The molecule has 564 valence electrons. The summed E-state index contributed by atoms with van der Waals surface area (Å²) < 4.78 is 31.6. The third-order valence-corrected chi connectivity index (χ3v) is 19.0. The number of nitrogens with one attached hydrogen (secondary N) is 3. The number of amides is 9. The van der Waals surface area contributed by atoms with E-state index in [1.807, 2.05) is 57.2 Å². The number of aromatic nitrogens is 6. The zero-order valence-electron chi connectivity index (χ0n) is 61.0. The number of hydrogen-bond acceptors (Lipinski definition) is 24. The molecule has 3 N–H and O–H groups in total. The van der Waals surface area contributed by atoms with Crippen molar-refractivity contribution in [1.29, 1.82) is 15.8 Å². The lowest BCUT2D eigenvalue weighted by Crippen LogP contribution is -2.40. The number of nitriles is 3. The Kier molecular flexibility index (Phi) is 27.0. The van der Waals surface area contributed by atoms with E-state index in [0.717, 1.165) is 36.0 Å². The van der Waals surface area contributed by atoms with Crippen molar-refractivity contribution in [1.82, 2.24) is 44.6 Å². The molecule has 3 saturated heterocycles. The van der Waals surface area contributed by atoms with Crippen LogP contribution >= 0.6 is 0 Å². The molecule has 0 spiro atoms. The number of anilines is 6. The second-order valence-electron chi connectivity index (χ2n) is 26.4. The van der Waals surface area contributed by atoms with Crippen molar-refractivity contribution in [3.63, 3.8) is 0 Å². The van der Waals surface area contributed by atoms with Gasteiger partial charge in [0.05, 0.1) is 38.4 Å². The monoisotopic (exact) mass is 1480 g/mol. The Labute approximate surface area is 623 Å². The Bertz CT molecular complexity index is 4080. The number of likely N-dealkylation sites (tertiary alicyclic amines) is 3. The first-order valence-electron chi connectivity index (χ1n) is 35.5. The van der Waals surface area contributed by atoms with Crippen LogP contribution in [0, 0.1) is 51.7 Å². The smallest absolute Gasteiger partial charge is 0.328 e. The molecule has 33 nitrogen and oxygen atoms in total. The predicted molar refractivity (Wildman–Crippen MR) is 389 cm³/mol. The highest BCUT2D eigenvalue weighted by Crippen LogP contribution is 2.35. The van der Waals surface area contributed by atoms with Crippen LogP contribution in [-0.2, 0) is 67.5 Å². The number of aryl methyl sites for hydroxylation is 3. The van der Waals surface area contributed by atoms with Crippen LogP contribution in [0.2, 0.25) is 0 Å². The van der Waals surface area contributed by atoms with Gasteiger partial charge in [-0.15, -0.1) is 0 Å². The van der Waals surface area contributed by atoms with Crippen LogP contribution < -0.4 is 44.9 Å². The Morgan fingerprint density at radius 3 is 0.954 bits per heavy atom. The predicted octanol–water partition coefficient (Wildman–Crippen LogP) is 7.62. The van der Waals surface area contributed by atoms with Crippen molar-refractivity contribution in [2.75, 3.05) is 131 Å². The van der Waals surface area contributed by atoms with E-state index in [1.54, 1.807) is 36.0 Å². The van der Waals surface area contributed by atoms with E-state index >= 15 is 0 Å². The average Bonchev–Trinajstić information content (AvgIpc) is 1.08. The summed E-state index contributed by atoms with van der Waals surface area (Å²) in [6.07, 6.45) is 12.6. The van der Waals surface area contributed by atoms with Crippen LogP contribution in [-0.4, -0.2) is 200 Å². The standard InChI is InChI=1S/3C25H28N6O5/c3*1-16-5-7-30(24(16)33)14-18-10-17-4-3-6-31(23(17)28-20(18)15-32)25(34)29-22-11-21(36-9-8-35-2)19(12-26)13-27-22/h3*10-11,13,15-16H,3-9,14H2,1-2H3,(H,27,29,34)/t2*16-;/m10./s1. The number of methoxy groups -OCH3 is 3. The van der Waals surface area contributed by atoms with Gasteiger partial charge in [0.2, 0.25) is 17.7 Å². The van der Waals surface area contributed by atoms with Crippen molar-refractivity contribution in [2.24, 2.45) is 17.8 Å². The molecule has 6 aromatic rings. The van der Waals surface area contributed by atoms with Crippen LogP contribution in [0.5, 0.6) is 17.2 Å². The molecular formula is C75H84N18O15. The number of rotatable bonds is 24. The lowest BCUT2D eigenvalue weighted by molar-refractivity contribution is -0.131. The Hall–Kier alpha value is -12.1. The van der Waals surface area contributed by atoms with Gasteiger partial charge in [-0.25, -0.2) is 44.3 Å². The first-order valence-corrected chi connectivity index (χ1v) is 35.5. The number of pyridine rings is 6. The van der Waals surface area contributed by atoms with Gasteiger partial charge in [-0.1, -0.05) is 20.8 Å². The van der Waals surface area contributed by atoms with Gasteiger partial charge < -0.3 is 43.1 Å². The average molecular weight is 1480 g/mol. The lowest BCUT2D eigenvalue weighted by atomic mass is 10.0. The van der Waals surface area contributed by atoms with Gasteiger partial charge in [-0.05, 0) is 92.7 Å². The minimum atomic E-state index is -0.461. The maximum atomic E-state index is 13.2. The molecule has 3 atom stereocenters. The molecule has 0 radical (unpaired) electrons. The number of aldehydes is 3. The molecule has 0 aromatic carbocycles. The molecule has 9 amide bonds. The van der Waals surface area contributed by atoms with Crippen molar-refractivity contribution in [2.45, 2.75) is 98.2 Å². The van der Waals surface area contributed by atoms with Gasteiger partial charge in [0, 0.05) is 133 Å². The second kappa shape index (κ2) is 37.2. The molecule has 6 aliphatic rings. The number of hydrogen-bond donors (Lipinski definition) is 3. The summed E-state index contributed by atoms with van der Waals surface area (Å²) >= 11 is 0. The second-order valence-corrected chi connectivity index (χ2v) is 26.4. The Morgan fingerprint density at radius 2 is 0.722 bits per heavy atom. The highest BCUT2D eigenvalue weighted by molar-refractivity contribution is 6.04. The van der Waals surface area contributed by atoms with E-state index in [0.29, 0.717) is 170 Å². The van der Waals surface area contributed by atoms with E-state index < -0.39 is 18.1 Å². The molecule has 12 rings (SSSR count). The first-order chi connectivity index (χ1) is 52.3. The van der Waals surface area contributed by atoms with E-state index in [-0.39, 0.29) is 124 Å². The topological polar surface area (TPSA) is 413 Å². The zero-order chi connectivity index (χ0) is 77.0. The molecule has 108 heavy (non-hydrogen) atoms. The minimum absolute atomic E-state index is 0.0174. The quantitative estimate of drug-likeness (QED) is 0.0387. The molecule has 6 aromatic heterocycles. The van der Waals surface area contributed by atoms with E-state index in [9.17, 15) is 58.9 Å². The van der Waals surface area contributed by atoms with Crippen molar-refractivity contribution in [3.8, 4) is 35.5 Å². The zero-order valence-corrected chi connectivity index (χ0v) is 61.0. The fraction of sp³-hybridized carbons (Fsp3) is 0.440. The van der Waals surface area contributed by atoms with Crippen molar-refractivity contribution in [3.05, 3.63) is 122 Å². The van der Waals surface area contributed by atoms with Crippen LogP contribution in [0.4, 0.5) is 49.3 Å². The van der Waals surface area contributed by atoms with E-state index in [4.69, 9.17) is 28.4 Å². The summed E-state index contributed by atoms with van der Waals surface area (Å²) in [4.78, 5) is 148. The van der Waals surface area contributed by atoms with Crippen molar-refractivity contribution >= 4 is 89.6 Å². The van der Waals surface area contributed by atoms with E-state index in [1.165, 1.54) is 51.5 Å². The highest BCUT2D eigenvalue weighted by atomic mass is 16.5. The van der Waals surface area contributed by atoms with Crippen molar-refractivity contribution < 1.29 is 71.6 Å². The number of nitrogens with zero attached hydrogens (tertiary/aromatic N) is 15. The Balaban J connectivity index is 0.000000173. The van der Waals surface area contributed by atoms with Crippen LogP contribution in [0.3, 0.4) is 0 Å². The number of ether oxygens (including phenoxy) is 6. The number of carbonyl (C=O) groups is 9. The maximum Gasteiger partial charge on any atom is 0.328 e. The van der Waals surface area contributed by atoms with Crippen LogP contribution in [0.1, 0.15) is 141 Å².